The Balaban J connectivity index is 2.08. The number of H-pyrrole nitrogens is 1. The number of hydrogen-bond acceptors (Lipinski definition) is 2. The van der Waals surface area contributed by atoms with Gasteiger partial charge in [-0.3, -0.25) is 0 Å². The van der Waals surface area contributed by atoms with E-state index in [4.69, 9.17) is 22.1 Å². The van der Waals surface area contributed by atoms with Crippen LogP contribution in [0.5, 0.6) is 5.75 Å². The molecule has 25 heavy (non-hydrogen) atoms. The maximum atomic E-state index is 6.32. The van der Waals surface area contributed by atoms with Gasteiger partial charge >= 0.3 is 0 Å². The predicted molar refractivity (Wildman–Crippen MR) is 107 cm³/mol. The molecule has 4 heteroatoms. The number of benzene rings is 2. The molecular weight excluding hydrogens is 332 g/mol. The molecule has 0 aliphatic heterocycles. The van der Waals surface area contributed by atoms with Gasteiger partial charge < -0.3 is 15.5 Å². The standard InChI is InChI=1S/C21H25ClN2O/c1-3-25-16-9-7-15(8-10-16)21-17(6-4-5-13-23)18-11-12-19(22)14(2)20(18)24-21/h7-12,24H,3-6,13,23H2,1-2H3. The van der Waals surface area contributed by atoms with Crippen molar-refractivity contribution in [1.82, 2.24) is 4.98 Å². The number of rotatable bonds is 7. The highest BCUT2D eigenvalue weighted by Gasteiger charge is 2.15. The van der Waals surface area contributed by atoms with E-state index in [0.29, 0.717) is 6.61 Å². The largest absolute Gasteiger partial charge is 0.494 e. The van der Waals surface area contributed by atoms with Crippen molar-refractivity contribution in [2.75, 3.05) is 13.2 Å². The van der Waals surface area contributed by atoms with Crippen molar-refractivity contribution < 1.29 is 4.74 Å². The van der Waals surface area contributed by atoms with Gasteiger partial charge in [-0.05, 0) is 86.7 Å². The van der Waals surface area contributed by atoms with Gasteiger partial charge in [0.05, 0.1) is 12.1 Å². The van der Waals surface area contributed by atoms with E-state index in [0.717, 1.165) is 53.2 Å². The SMILES string of the molecule is CCOc1ccc(-c2[nH]c3c(C)c(Cl)ccc3c2CCCCN)cc1. The number of aryl methyl sites for hydroxylation is 2. The fourth-order valence-electron chi connectivity index (χ4n) is 3.27. The van der Waals surface area contributed by atoms with Crippen molar-refractivity contribution >= 4 is 22.5 Å². The molecule has 0 saturated carbocycles. The molecule has 0 aliphatic carbocycles. The van der Waals surface area contributed by atoms with Crippen LogP contribution in [0.15, 0.2) is 36.4 Å². The van der Waals surface area contributed by atoms with Gasteiger partial charge in [0.1, 0.15) is 5.75 Å². The molecule has 0 fully saturated rings. The van der Waals surface area contributed by atoms with E-state index in [1.54, 1.807) is 0 Å². The molecule has 1 heterocycles. The highest BCUT2D eigenvalue weighted by molar-refractivity contribution is 6.32. The number of halogens is 1. The van der Waals surface area contributed by atoms with Crippen molar-refractivity contribution in [3.05, 3.63) is 52.5 Å². The van der Waals surface area contributed by atoms with Gasteiger partial charge in [0.25, 0.3) is 0 Å². The first-order chi connectivity index (χ1) is 12.2. The molecule has 0 aliphatic rings. The van der Waals surface area contributed by atoms with Gasteiger partial charge in [-0.25, -0.2) is 0 Å². The van der Waals surface area contributed by atoms with Gasteiger partial charge in [0, 0.05) is 16.1 Å². The Kier molecular flexibility index (Phi) is 5.67. The normalized spacial score (nSPS) is 11.2. The summed E-state index contributed by atoms with van der Waals surface area (Å²) in [5.74, 6) is 0.895. The third kappa shape index (κ3) is 3.68. The molecule has 0 radical (unpaired) electrons. The molecule has 0 spiro atoms. The minimum atomic E-state index is 0.674. The van der Waals surface area contributed by atoms with Crippen LogP contribution in [0.3, 0.4) is 0 Å². The second kappa shape index (κ2) is 7.94. The zero-order valence-electron chi connectivity index (χ0n) is 14.9. The van der Waals surface area contributed by atoms with Crippen LogP contribution in [-0.2, 0) is 6.42 Å². The molecule has 0 amide bonds. The third-order valence-electron chi connectivity index (χ3n) is 4.61. The van der Waals surface area contributed by atoms with E-state index in [2.05, 4.69) is 30.1 Å². The summed E-state index contributed by atoms with van der Waals surface area (Å²) in [6.45, 7) is 5.46. The van der Waals surface area contributed by atoms with Crippen LogP contribution in [0.4, 0.5) is 0 Å². The maximum absolute atomic E-state index is 6.32. The number of nitrogens with two attached hydrogens (primary N) is 1. The lowest BCUT2D eigenvalue weighted by molar-refractivity contribution is 0.340. The van der Waals surface area contributed by atoms with E-state index in [9.17, 15) is 0 Å². The minimum absolute atomic E-state index is 0.674. The van der Waals surface area contributed by atoms with E-state index in [-0.39, 0.29) is 0 Å². The van der Waals surface area contributed by atoms with Crippen LogP contribution in [0.2, 0.25) is 5.02 Å². The molecule has 0 bridgehead atoms. The van der Waals surface area contributed by atoms with Crippen molar-refractivity contribution in [3.8, 4) is 17.0 Å². The van der Waals surface area contributed by atoms with Gasteiger partial charge in [0.2, 0.25) is 0 Å². The molecule has 3 nitrogen and oxygen atoms in total. The first-order valence-electron chi connectivity index (χ1n) is 8.88. The Morgan fingerprint density at radius 1 is 1.08 bits per heavy atom. The smallest absolute Gasteiger partial charge is 0.119 e. The summed E-state index contributed by atoms with van der Waals surface area (Å²) in [6.07, 6.45) is 3.11. The van der Waals surface area contributed by atoms with Crippen LogP contribution < -0.4 is 10.5 Å². The summed E-state index contributed by atoms with van der Waals surface area (Å²) in [6, 6.07) is 12.4. The van der Waals surface area contributed by atoms with Crippen molar-refractivity contribution in [3.63, 3.8) is 0 Å². The van der Waals surface area contributed by atoms with Gasteiger partial charge in [0.15, 0.2) is 0 Å². The number of hydrogen-bond donors (Lipinski definition) is 2. The first-order valence-corrected chi connectivity index (χ1v) is 9.26. The van der Waals surface area contributed by atoms with Crippen molar-refractivity contribution in [2.45, 2.75) is 33.1 Å². The van der Waals surface area contributed by atoms with E-state index in [1.807, 2.05) is 25.1 Å². The fourth-order valence-corrected chi connectivity index (χ4v) is 3.43. The Hall–Kier alpha value is -1.97. The van der Waals surface area contributed by atoms with Crippen LogP contribution in [-0.4, -0.2) is 18.1 Å². The van der Waals surface area contributed by atoms with Crippen molar-refractivity contribution in [1.29, 1.82) is 0 Å². The zero-order chi connectivity index (χ0) is 17.8. The average Bonchev–Trinajstić information content (AvgIpc) is 2.99. The molecule has 2 aromatic carbocycles. The molecule has 0 unspecified atom stereocenters. The van der Waals surface area contributed by atoms with Gasteiger partial charge in [-0.15, -0.1) is 0 Å². The number of aromatic nitrogens is 1. The Morgan fingerprint density at radius 2 is 1.84 bits per heavy atom. The molecule has 3 aromatic rings. The Bertz CT molecular complexity index is 852. The lowest BCUT2D eigenvalue weighted by Crippen LogP contribution is -1.99. The second-order valence-electron chi connectivity index (χ2n) is 6.28. The number of aromatic amines is 1. The highest BCUT2D eigenvalue weighted by atomic mass is 35.5. The number of nitrogens with one attached hydrogen (secondary N) is 1. The van der Waals surface area contributed by atoms with Gasteiger partial charge in [-0.2, -0.15) is 0 Å². The topological polar surface area (TPSA) is 51.0 Å². The van der Waals surface area contributed by atoms with E-state index >= 15 is 0 Å². The van der Waals surface area contributed by atoms with Crippen LogP contribution in [0.25, 0.3) is 22.2 Å². The van der Waals surface area contributed by atoms with Gasteiger partial charge in [-0.1, -0.05) is 17.7 Å². The third-order valence-corrected chi connectivity index (χ3v) is 5.02. The first kappa shape index (κ1) is 17.8. The summed E-state index contributed by atoms with van der Waals surface area (Å²) in [5, 5.41) is 2.04. The molecule has 1 aromatic heterocycles. The Labute approximate surface area is 154 Å². The quantitative estimate of drug-likeness (QED) is 0.551. The summed E-state index contributed by atoms with van der Waals surface area (Å²) < 4.78 is 5.56. The fraction of sp³-hybridized carbons (Fsp3) is 0.333. The van der Waals surface area contributed by atoms with E-state index < -0.39 is 0 Å². The lowest BCUT2D eigenvalue weighted by atomic mass is 9.99. The summed E-state index contributed by atoms with van der Waals surface area (Å²) in [5.41, 5.74) is 11.6. The van der Waals surface area contributed by atoms with Crippen LogP contribution in [0, 0.1) is 6.92 Å². The number of unbranched alkanes of at least 4 members (excludes halogenated alkanes) is 1. The monoisotopic (exact) mass is 356 g/mol. The van der Waals surface area contributed by atoms with Crippen LogP contribution >= 0.6 is 11.6 Å². The number of fused-ring (bicyclic) bond motifs is 1. The molecule has 3 N–H and O–H groups in total. The minimum Gasteiger partial charge on any atom is -0.494 e. The molecule has 132 valence electrons. The Morgan fingerprint density at radius 3 is 2.52 bits per heavy atom. The van der Waals surface area contributed by atoms with E-state index in [1.165, 1.54) is 16.6 Å². The molecular formula is C21H25ClN2O. The predicted octanol–water partition coefficient (Wildman–Crippen LogP) is 5.48. The van der Waals surface area contributed by atoms with Crippen LogP contribution in [0.1, 0.15) is 30.9 Å². The molecule has 0 atom stereocenters. The highest BCUT2D eigenvalue weighted by Crippen LogP contribution is 2.35. The summed E-state index contributed by atoms with van der Waals surface area (Å²) in [4.78, 5) is 3.61. The zero-order valence-corrected chi connectivity index (χ0v) is 15.6. The number of ether oxygens (including phenoxy) is 1. The lowest BCUT2D eigenvalue weighted by Gasteiger charge is -2.07. The molecule has 3 rings (SSSR count). The average molecular weight is 357 g/mol. The maximum Gasteiger partial charge on any atom is 0.119 e. The summed E-state index contributed by atoms with van der Waals surface area (Å²) in [7, 11) is 0. The van der Waals surface area contributed by atoms with Crippen molar-refractivity contribution in [2.24, 2.45) is 5.73 Å². The molecule has 0 saturated heterocycles. The second-order valence-corrected chi connectivity index (χ2v) is 6.68. The summed E-state index contributed by atoms with van der Waals surface area (Å²) >= 11 is 6.32.